The molecule has 144 valence electrons. The Hall–Kier alpha value is -3.80. The maximum absolute atomic E-state index is 13.0. The van der Waals surface area contributed by atoms with E-state index in [1.807, 2.05) is 42.5 Å². The Kier molecular flexibility index (Phi) is 3.81. The third-order valence-electron chi connectivity index (χ3n) is 5.58. The first-order chi connectivity index (χ1) is 14.0. The van der Waals surface area contributed by atoms with E-state index < -0.39 is 0 Å². The van der Waals surface area contributed by atoms with Crippen LogP contribution in [0.3, 0.4) is 0 Å². The number of nitrogens with one attached hydrogen (secondary N) is 1. The molecule has 1 aromatic heterocycles. The van der Waals surface area contributed by atoms with E-state index in [2.05, 4.69) is 11.7 Å². The summed E-state index contributed by atoms with van der Waals surface area (Å²) in [7, 11) is 0. The average molecular weight is 385 g/mol. The second-order valence-corrected chi connectivity index (χ2v) is 7.36. The molecule has 5 rings (SSSR count). The third kappa shape index (κ3) is 2.72. The van der Waals surface area contributed by atoms with Crippen molar-refractivity contribution in [2.75, 3.05) is 13.1 Å². The maximum atomic E-state index is 13.0. The lowest BCUT2D eigenvalue weighted by Gasteiger charge is -2.38. The van der Waals surface area contributed by atoms with E-state index in [9.17, 15) is 14.7 Å². The van der Waals surface area contributed by atoms with Crippen molar-refractivity contribution in [3.05, 3.63) is 77.6 Å². The third-order valence-corrected chi connectivity index (χ3v) is 5.58. The van der Waals surface area contributed by atoms with Gasteiger partial charge in [0.1, 0.15) is 5.75 Å². The Morgan fingerprint density at radius 2 is 1.90 bits per heavy atom. The van der Waals surface area contributed by atoms with Crippen molar-refractivity contribution in [1.29, 1.82) is 0 Å². The number of phenols is 1. The highest BCUT2D eigenvalue weighted by Crippen LogP contribution is 2.33. The number of rotatable bonds is 3. The van der Waals surface area contributed by atoms with Crippen LogP contribution < -0.4 is 5.56 Å². The summed E-state index contributed by atoms with van der Waals surface area (Å²) < 4.78 is 1.60. The van der Waals surface area contributed by atoms with Gasteiger partial charge in [-0.25, -0.2) is 4.68 Å². The van der Waals surface area contributed by atoms with Gasteiger partial charge in [-0.05, 0) is 52.2 Å². The molecule has 2 N–H and O–H groups in total. The minimum atomic E-state index is -0.122. The van der Waals surface area contributed by atoms with Crippen LogP contribution in [0.1, 0.15) is 6.04 Å². The average Bonchev–Trinajstić information content (AvgIpc) is 3.01. The Bertz CT molecular complexity index is 1340. The summed E-state index contributed by atoms with van der Waals surface area (Å²) in [5, 5.41) is 15.8. The smallest absolute Gasteiger partial charge is 0.274 e. The molecule has 1 aliphatic heterocycles. The molecule has 3 aromatic carbocycles. The number of fused-ring (bicyclic) bond motifs is 2. The van der Waals surface area contributed by atoms with Gasteiger partial charge in [-0.15, -0.1) is 0 Å². The Morgan fingerprint density at radius 3 is 2.69 bits per heavy atom. The number of hydrogen-bond donors (Lipinski definition) is 2. The first-order valence-electron chi connectivity index (χ1n) is 9.43. The molecule has 1 saturated heterocycles. The first-order valence-corrected chi connectivity index (χ1v) is 9.43. The monoisotopic (exact) mass is 385 g/mol. The number of likely N-dealkylation sites (tertiary alicyclic amines) is 1. The van der Waals surface area contributed by atoms with E-state index in [1.165, 1.54) is 6.08 Å². The lowest BCUT2D eigenvalue weighted by molar-refractivity contribution is -0.131. The van der Waals surface area contributed by atoms with Gasteiger partial charge in [0.15, 0.2) is 0 Å². The molecule has 0 spiro atoms. The molecule has 0 atom stereocenters. The van der Waals surface area contributed by atoms with Crippen molar-refractivity contribution in [2.45, 2.75) is 6.04 Å². The molecule has 0 unspecified atom stereocenters. The molecule has 0 bridgehead atoms. The summed E-state index contributed by atoms with van der Waals surface area (Å²) in [6.45, 7) is 4.47. The van der Waals surface area contributed by atoms with E-state index in [4.69, 9.17) is 0 Å². The van der Waals surface area contributed by atoms with Crippen molar-refractivity contribution in [3.8, 4) is 16.9 Å². The van der Waals surface area contributed by atoms with E-state index >= 15 is 0 Å². The van der Waals surface area contributed by atoms with Gasteiger partial charge < -0.3 is 10.0 Å². The normalized spacial score (nSPS) is 14.3. The summed E-state index contributed by atoms with van der Waals surface area (Å²) in [4.78, 5) is 26.3. The van der Waals surface area contributed by atoms with Crippen LogP contribution in [-0.4, -0.2) is 38.8 Å². The van der Waals surface area contributed by atoms with Crippen molar-refractivity contribution in [1.82, 2.24) is 14.7 Å². The number of amides is 1. The summed E-state index contributed by atoms with van der Waals surface area (Å²) in [5.74, 6) is 0.0650. The second kappa shape index (κ2) is 6.38. The number of aromatic hydroxyl groups is 1. The van der Waals surface area contributed by atoms with Crippen LogP contribution in [0.15, 0.2) is 72.0 Å². The van der Waals surface area contributed by atoms with Gasteiger partial charge in [0.25, 0.3) is 5.56 Å². The molecule has 0 radical (unpaired) electrons. The lowest BCUT2D eigenvalue weighted by Crippen LogP contribution is -2.52. The molecular formula is C23H19N3O3. The minimum absolute atomic E-state index is 0.0659. The van der Waals surface area contributed by atoms with E-state index in [0.29, 0.717) is 18.5 Å². The number of carbonyl (C=O) groups is 1. The van der Waals surface area contributed by atoms with Crippen LogP contribution in [0.4, 0.5) is 0 Å². The predicted octanol–water partition coefficient (Wildman–Crippen LogP) is 3.42. The van der Waals surface area contributed by atoms with Crippen LogP contribution in [-0.2, 0) is 4.79 Å². The zero-order chi connectivity index (χ0) is 20.1. The van der Waals surface area contributed by atoms with Gasteiger partial charge in [0.05, 0.1) is 16.9 Å². The topological polar surface area (TPSA) is 78.3 Å². The van der Waals surface area contributed by atoms with Gasteiger partial charge in [-0.2, -0.15) is 0 Å². The largest absolute Gasteiger partial charge is 0.508 e. The Morgan fingerprint density at radius 1 is 1.10 bits per heavy atom. The van der Waals surface area contributed by atoms with Gasteiger partial charge in [-0.1, -0.05) is 36.9 Å². The van der Waals surface area contributed by atoms with Gasteiger partial charge in [-0.3, -0.25) is 14.7 Å². The molecule has 1 amide bonds. The maximum Gasteiger partial charge on any atom is 0.274 e. The molecule has 0 aliphatic carbocycles. The number of hydrogen-bond acceptors (Lipinski definition) is 3. The first kappa shape index (κ1) is 17.3. The van der Waals surface area contributed by atoms with Crippen molar-refractivity contribution in [3.63, 3.8) is 0 Å². The van der Waals surface area contributed by atoms with Gasteiger partial charge in [0.2, 0.25) is 5.91 Å². The number of nitrogens with zero attached hydrogens (tertiary/aromatic N) is 2. The molecule has 6 heteroatoms. The van der Waals surface area contributed by atoms with Crippen molar-refractivity contribution >= 4 is 27.6 Å². The van der Waals surface area contributed by atoms with Crippen LogP contribution in [0, 0.1) is 0 Å². The van der Waals surface area contributed by atoms with Crippen molar-refractivity contribution in [2.24, 2.45) is 0 Å². The summed E-state index contributed by atoms with van der Waals surface area (Å²) >= 11 is 0. The van der Waals surface area contributed by atoms with Crippen LogP contribution >= 0.6 is 0 Å². The SMILES string of the molecule is C=CC(=O)N1CC(n2[nH]c3ccc(-c4cc(O)cc5ccccc45)cc3c2=O)C1. The van der Waals surface area contributed by atoms with Crippen LogP contribution in [0.5, 0.6) is 5.75 Å². The Labute approximate surface area is 166 Å². The summed E-state index contributed by atoms with van der Waals surface area (Å²) in [6.07, 6.45) is 1.29. The number of aromatic amines is 1. The Balaban J connectivity index is 1.57. The zero-order valence-electron chi connectivity index (χ0n) is 15.6. The van der Waals surface area contributed by atoms with Crippen LogP contribution in [0.2, 0.25) is 0 Å². The number of aromatic nitrogens is 2. The number of benzene rings is 3. The van der Waals surface area contributed by atoms with E-state index in [1.54, 1.807) is 21.7 Å². The minimum Gasteiger partial charge on any atom is -0.508 e. The molecular weight excluding hydrogens is 366 g/mol. The molecule has 29 heavy (non-hydrogen) atoms. The second-order valence-electron chi connectivity index (χ2n) is 7.36. The number of carbonyl (C=O) groups excluding carboxylic acids is 1. The van der Waals surface area contributed by atoms with Gasteiger partial charge >= 0.3 is 0 Å². The van der Waals surface area contributed by atoms with Crippen molar-refractivity contribution < 1.29 is 9.90 Å². The van der Waals surface area contributed by atoms with E-state index in [-0.39, 0.29) is 23.3 Å². The highest BCUT2D eigenvalue weighted by molar-refractivity contribution is 5.99. The zero-order valence-corrected chi connectivity index (χ0v) is 15.6. The molecule has 6 nitrogen and oxygen atoms in total. The highest BCUT2D eigenvalue weighted by atomic mass is 16.3. The molecule has 2 heterocycles. The molecule has 4 aromatic rings. The summed E-state index contributed by atoms with van der Waals surface area (Å²) in [5.41, 5.74) is 2.38. The molecule has 1 aliphatic rings. The molecule has 1 fully saturated rings. The fraction of sp³-hybridized carbons (Fsp3) is 0.130. The number of phenolic OH excluding ortho intramolecular Hbond substituents is 1. The van der Waals surface area contributed by atoms with E-state index in [0.717, 1.165) is 27.4 Å². The molecule has 0 saturated carbocycles. The number of H-pyrrole nitrogens is 1. The lowest BCUT2D eigenvalue weighted by atomic mass is 9.97. The summed E-state index contributed by atoms with van der Waals surface area (Å²) in [6, 6.07) is 16.9. The highest BCUT2D eigenvalue weighted by Gasteiger charge is 2.32. The fourth-order valence-corrected chi connectivity index (χ4v) is 4.01. The fourth-order valence-electron chi connectivity index (χ4n) is 4.01. The van der Waals surface area contributed by atoms with Crippen LogP contribution in [0.25, 0.3) is 32.8 Å². The standard InChI is InChI=1S/C23H19N3O3/c1-2-22(28)25-12-16(13-25)26-23(29)20-10-15(7-8-21(20)24-26)19-11-17(27)9-14-5-3-4-6-18(14)19/h2-11,16,24,27H,1,12-13H2. The predicted molar refractivity (Wildman–Crippen MR) is 113 cm³/mol. The van der Waals surface area contributed by atoms with Gasteiger partial charge in [0, 0.05) is 13.1 Å². The quantitative estimate of drug-likeness (QED) is 0.531.